The number of nitrogens with one attached hydrogen (secondary N) is 1. The van der Waals surface area contributed by atoms with Gasteiger partial charge >= 0.3 is 0 Å². The zero-order chi connectivity index (χ0) is 19.8. The predicted octanol–water partition coefficient (Wildman–Crippen LogP) is 3.08. The molecule has 3 rings (SSSR count). The number of nitrogens with zero attached hydrogens (tertiary/aromatic N) is 1. The predicted molar refractivity (Wildman–Crippen MR) is 106 cm³/mol. The average molecular weight is 375 g/mol. The third-order valence-electron chi connectivity index (χ3n) is 3.93. The van der Waals surface area contributed by atoms with Gasteiger partial charge in [0.2, 0.25) is 0 Å². The first-order valence-electron chi connectivity index (χ1n) is 8.61. The average Bonchev–Trinajstić information content (AvgIpc) is 2.73. The Bertz CT molecular complexity index is 971. The summed E-state index contributed by atoms with van der Waals surface area (Å²) in [5.74, 6) is 0.000379. The van der Waals surface area contributed by atoms with Crippen LogP contribution in [-0.4, -0.2) is 19.3 Å². The summed E-state index contributed by atoms with van der Waals surface area (Å²) in [7, 11) is 1.58. The van der Waals surface area contributed by atoms with Gasteiger partial charge in [-0.25, -0.2) is 0 Å². The number of carboxylic acid groups (broad SMARTS) is 1. The van der Waals surface area contributed by atoms with Crippen molar-refractivity contribution in [1.82, 2.24) is 0 Å². The molecule has 0 aliphatic rings. The number of carboxylic acids is 1. The number of carbonyl (C=O) groups is 1. The van der Waals surface area contributed by atoms with E-state index < -0.39 is 5.97 Å². The summed E-state index contributed by atoms with van der Waals surface area (Å²) in [5, 5.41) is 15.0. The summed E-state index contributed by atoms with van der Waals surface area (Å²) in [6.45, 7) is 0.445. The van der Waals surface area contributed by atoms with Gasteiger partial charge < -0.3 is 19.4 Å². The minimum atomic E-state index is -1.23. The quantitative estimate of drug-likeness (QED) is 0.483. The highest BCUT2D eigenvalue weighted by Crippen LogP contribution is 2.28. The van der Waals surface area contributed by atoms with Gasteiger partial charge in [-0.1, -0.05) is 42.5 Å². The largest absolute Gasteiger partial charge is 0.545 e. The molecule has 0 fully saturated rings. The molecule has 142 valence electrons. The zero-order valence-corrected chi connectivity index (χ0v) is 15.3. The highest BCUT2D eigenvalue weighted by molar-refractivity contribution is 5.87. The third kappa shape index (κ3) is 5.11. The van der Waals surface area contributed by atoms with Crippen LogP contribution in [0.4, 0.5) is 5.69 Å². The number of rotatable bonds is 8. The van der Waals surface area contributed by atoms with Crippen LogP contribution < -0.4 is 20.0 Å². The monoisotopic (exact) mass is 375 g/mol. The van der Waals surface area contributed by atoms with Crippen molar-refractivity contribution in [2.75, 3.05) is 12.5 Å². The van der Waals surface area contributed by atoms with Crippen LogP contribution in [0.5, 0.6) is 11.5 Å². The fraction of sp³-hybridized carbons (Fsp3) is 0.0909. The number of benzene rings is 3. The number of carbonyl (C=O) groups excluding carboxylic acids is 1. The van der Waals surface area contributed by atoms with Gasteiger partial charge in [-0.3, -0.25) is 5.43 Å². The lowest BCUT2D eigenvalue weighted by Gasteiger charge is -2.11. The maximum atomic E-state index is 10.9. The van der Waals surface area contributed by atoms with Crippen molar-refractivity contribution >= 4 is 17.9 Å². The molecule has 3 aromatic rings. The Morgan fingerprint density at radius 1 is 1.04 bits per heavy atom. The number of hydrazone groups is 1. The molecule has 0 saturated carbocycles. The Labute approximate surface area is 163 Å². The topological polar surface area (TPSA) is 83.0 Å². The first-order valence-corrected chi connectivity index (χ1v) is 8.61. The molecule has 3 aromatic carbocycles. The van der Waals surface area contributed by atoms with E-state index in [0.717, 1.165) is 11.1 Å². The van der Waals surface area contributed by atoms with E-state index in [-0.39, 0.29) is 5.56 Å². The molecule has 0 aliphatic heterocycles. The van der Waals surface area contributed by atoms with E-state index in [4.69, 9.17) is 9.47 Å². The van der Waals surface area contributed by atoms with Gasteiger partial charge in [0.25, 0.3) is 0 Å². The highest BCUT2D eigenvalue weighted by atomic mass is 16.5. The molecule has 0 heterocycles. The summed E-state index contributed by atoms with van der Waals surface area (Å²) in [4.78, 5) is 10.9. The lowest BCUT2D eigenvalue weighted by atomic mass is 10.2. The number of methoxy groups -OCH3 is 1. The molecule has 0 amide bonds. The van der Waals surface area contributed by atoms with Crippen molar-refractivity contribution in [1.29, 1.82) is 0 Å². The molecule has 0 spiro atoms. The van der Waals surface area contributed by atoms with Crippen LogP contribution in [-0.2, 0) is 6.61 Å². The van der Waals surface area contributed by atoms with Crippen molar-refractivity contribution in [2.24, 2.45) is 5.10 Å². The van der Waals surface area contributed by atoms with E-state index in [0.29, 0.717) is 23.8 Å². The fourth-order valence-corrected chi connectivity index (χ4v) is 2.52. The number of hydrogen-bond donors (Lipinski definition) is 1. The maximum absolute atomic E-state index is 10.9. The van der Waals surface area contributed by atoms with Gasteiger partial charge in [-0.05, 0) is 47.0 Å². The Kier molecular flexibility index (Phi) is 6.25. The number of ether oxygens (including phenoxy) is 2. The van der Waals surface area contributed by atoms with Gasteiger partial charge in [-0.2, -0.15) is 5.10 Å². The molecule has 6 heteroatoms. The summed E-state index contributed by atoms with van der Waals surface area (Å²) < 4.78 is 11.2. The van der Waals surface area contributed by atoms with Gasteiger partial charge in [-0.15, -0.1) is 0 Å². The highest BCUT2D eigenvalue weighted by Gasteiger charge is 2.05. The van der Waals surface area contributed by atoms with E-state index in [1.165, 1.54) is 12.1 Å². The Hall–Kier alpha value is -3.80. The molecule has 0 saturated heterocycles. The summed E-state index contributed by atoms with van der Waals surface area (Å²) in [6, 6.07) is 21.6. The Balaban J connectivity index is 1.65. The van der Waals surface area contributed by atoms with Crippen LogP contribution in [0.3, 0.4) is 0 Å². The second-order valence-corrected chi connectivity index (χ2v) is 5.92. The van der Waals surface area contributed by atoms with Crippen LogP contribution in [0.1, 0.15) is 21.5 Å². The van der Waals surface area contributed by atoms with E-state index >= 15 is 0 Å². The van der Waals surface area contributed by atoms with Crippen LogP contribution >= 0.6 is 0 Å². The molecule has 0 aromatic heterocycles. The molecule has 0 radical (unpaired) electrons. The minimum absolute atomic E-state index is 0.0850. The molecule has 0 aliphatic carbocycles. The third-order valence-corrected chi connectivity index (χ3v) is 3.93. The van der Waals surface area contributed by atoms with Crippen molar-refractivity contribution in [3.05, 3.63) is 89.5 Å². The maximum Gasteiger partial charge on any atom is 0.161 e. The summed E-state index contributed by atoms with van der Waals surface area (Å²) >= 11 is 0. The van der Waals surface area contributed by atoms with Crippen LogP contribution in [0.15, 0.2) is 77.9 Å². The number of hydrogen-bond acceptors (Lipinski definition) is 6. The van der Waals surface area contributed by atoms with E-state index in [1.807, 2.05) is 48.5 Å². The molecule has 28 heavy (non-hydrogen) atoms. The number of anilines is 1. The lowest BCUT2D eigenvalue weighted by Crippen LogP contribution is -2.22. The Morgan fingerprint density at radius 2 is 1.86 bits per heavy atom. The Morgan fingerprint density at radius 3 is 2.61 bits per heavy atom. The van der Waals surface area contributed by atoms with Crippen molar-refractivity contribution in [3.63, 3.8) is 0 Å². The van der Waals surface area contributed by atoms with Crippen molar-refractivity contribution < 1.29 is 19.4 Å². The molecule has 6 nitrogen and oxygen atoms in total. The van der Waals surface area contributed by atoms with Gasteiger partial charge in [0.1, 0.15) is 6.61 Å². The van der Waals surface area contributed by atoms with Gasteiger partial charge in [0.15, 0.2) is 11.5 Å². The smallest absolute Gasteiger partial charge is 0.161 e. The normalized spacial score (nSPS) is 10.6. The van der Waals surface area contributed by atoms with E-state index in [2.05, 4.69) is 10.5 Å². The van der Waals surface area contributed by atoms with E-state index in [1.54, 1.807) is 25.5 Å². The molecule has 0 unspecified atom stereocenters. The fourth-order valence-electron chi connectivity index (χ4n) is 2.52. The van der Waals surface area contributed by atoms with Crippen LogP contribution in [0.25, 0.3) is 0 Å². The molecule has 0 atom stereocenters. The zero-order valence-electron chi connectivity index (χ0n) is 15.3. The molecule has 0 bridgehead atoms. The summed E-state index contributed by atoms with van der Waals surface area (Å²) in [5.41, 5.74) is 5.29. The summed E-state index contributed by atoms with van der Waals surface area (Å²) in [6.07, 6.45) is 1.61. The van der Waals surface area contributed by atoms with Gasteiger partial charge in [0, 0.05) is 0 Å². The van der Waals surface area contributed by atoms with Crippen molar-refractivity contribution in [3.8, 4) is 11.5 Å². The molecular formula is C22H19N2O4-. The van der Waals surface area contributed by atoms with Crippen LogP contribution in [0.2, 0.25) is 0 Å². The first kappa shape index (κ1) is 19.0. The minimum Gasteiger partial charge on any atom is -0.545 e. The first-order chi connectivity index (χ1) is 13.7. The molecular weight excluding hydrogens is 356 g/mol. The second-order valence-electron chi connectivity index (χ2n) is 5.92. The SMILES string of the molecule is COc1cc(/C=N\Nc2cccc(C(=O)[O-])c2)ccc1OCc1ccccc1. The lowest BCUT2D eigenvalue weighted by molar-refractivity contribution is -0.255. The standard InChI is InChI=1S/C22H20N2O4/c1-27-21-12-17(10-11-20(21)28-15-16-6-3-2-4-7-16)14-23-24-19-9-5-8-18(13-19)22(25)26/h2-14,24H,15H2,1H3,(H,25,26)/p-1/b23-14-. The van der Waals surface area contributed by atoms with Crippen LogP contribution in [0, 0.1) is 0 Å². The van der Waals surface area contributed by atoms with Gasteiger partial charge in [0.05, 0.1) is 25.0 Å². The van der Waals surface area contributed by atoms with E-state index in [9.17, 15) is 9.90 Å². The number of aromatic carboxylic acids is 1. The van der Waals surface area contributed by atoms with Crippen molar-refractivity contribution in [2.45, 2.75) is 6.61 Å². The molecule has 1 N–H and O–H groups in total. The second kappa shape index (κ2) is 9.23.